The third kappa shape index (κ3) is 4.01. The highest BCUT2D eigenvalue weighted by Crippen LogP contribution is 2.31. The van der Waals surface area contributed by atoms with Crippen LogP contribution in [-0.2, 0) is 0 Å². The molecule has 28 heavy (non-hydrogen) atoms. The summed E-state index contributed by atoms with van der Waals surface area (Å²) in [6.45, 7) is 4.72. The maximum absolute atomic E-state index is 13.1. The van der Waals surface area contributed by atoms with E-state index in [2.05, 4.69) is 6.92 Å². The SMILES string of the molecule is Cc1cccc(N=C2S[C@H](C)CN2C(=O)c2ccc(-c3ccc(Cl)cc3)o2)c1. The zero-order chi connectivity index (χ0) is 19.7. The fraction of sp³-hybridized carbons (Fsp3) is 0.182. The molecule has 1 atom stereocenters. The van der Waals surface area contributed by atoms with E-state index in [1.165, 1.54) is 0 Å². The van der Waals surface area contributed by atoms with Crippen molar-refractivity contribution in [3.8, 4) is 11.3 Å². The van der Waals surface area contributed by atoms with Gasteiger partial charge < -0.3 is 4.42 Å². The number of nitrogens with zero attached hydrogens (tertiary/aromatic N) is 2. The van der Waals surface area contributed by atoms with E-state index in [1.807, 2.05) is 43.3 Å². The quantitative estimate of drug-likeness (QED) is 0.518. The number of amides is 1. The highest BCUT2D eigenvalue weighted by atomic mass is 35.5. The van der Waals surface area contributed by atoms with Gasteiger partial charge in [0.05, 0.1) is 5.69 Å². The monoisotopic (exact) mass is 410 g/mol. The van der Waals surface area contributed by atoms with Gasteiger partial charge in [0.2, 0.25) is 0 Å². The topological polar surface area (TPSA) is 45.8 Å². The number of hydrogen-bond acceptors (Lipinski definition) is 4. The smallest absolute Gasteiger partial charge is 0.295 e. The number of furan rings is 1. The fourth-order valence-electron chi connectivity index (χ4n) is 3.04. The van der Waals surface area contributed by atoms with Crippen molar-refractivity contribution >= 4 is 40.1 Å². The fourth-order valence-corrected chi connectivity index (χ4v) is 4.19. The highest BCUT2D eigenvalue weighted by molar-refractivity contribution is 8.14. The Morgan fingerprint density at radius 2 is 1.96 bits per heavy atom. The predicted octanol–water partition coefficient (Wildman–Crippen LogP) is 6.17. The lowest BCUT2D eigenvalue weighted by Crippen LogP contribution is -2.32. The number of benzene rings is 2. The third-order valence-corrected chi connectivity index (χ3v) is 5.72. The molecule has 0 spiro atoms. The van der Waals surface area contributed by atoms with Crippen LogP contribution in [0.25, 0.3) is 11.3 Å². The van der Waals surface area contributed by atoms with E-state index in [0.717, 1.165) is 16.8 Å². The molecule has 3 aromatic rings. The van der Waals surface area contributed by atoms with Crippen molar-refractivity contribution < 1.29 is 9.21 Å². The Morgan fingerprint density at radius 1 is 1.18 bits per heavy atom. The number of aryl methyl sites for hydroxylation is 1. The average Bonchev–Trinajstić information content (AvgIpc) is 3.29. The van der Waals surface area contributed by atoms with Crippen LogP contribution in [0.2, 0.25) is 5.02 Å². The minimum atomic E-state index is -0.177. The Kier molecular flexibility index (Phi) is 5.29. The maximum atomic E-state index is 13.1. The van der Waals surface area contributed by atoms with Crippen LogP contribution in [0.3, 0.4) is 0 Å². The molecule has 1 amide bonds. The van der Waals surface area contributed by atoms with Crippen LogP contribution in [0.5, 0.6) is 0 Å². The number of carbonyl (C=O) groups is 1. The van der Waals surface area contributed by atoms with Crippen molar-refractivity contribution in [3.05, 3.63) is 77.0 Å². The molecular formula is C22H19ClN2O2S. The van der Waals surface area contributed by atoms with Crippen LogP contribution in [-0.4, -0.2) is 27.8 Å². The molecular weight excluding hydrogens is 392 g/mol. The first-order chi connectivity index (χ1) is 13.5. The summed E-state index contributed by atoms with van der Waals surface area (Å²) in [4.78, 5) is 19.5. The molecule has 0 aliphatic carbocycles. The number of amidine groups is 1. The lowest BCUT2D eigenvalue weighted by molar-refractivity contribution is 0.0826. The van der Waals surface area contributed by atoms with Gasteiger partial charge in [0.25, 0.3) is 5.91 Å². The van der Waals surface area contributed by atoms with Crippen molar-refractivity contribution in [2.24, 2.45) is 4.99 Å². The van der Waals surface area contributed by atoms with Crippen LogP contribution in [0, 0.1) is 6.92 Å². The maximum Gasteiger partial charge on any atom is 0.295 e. The predicted molar refractivity (Wildman–Crippen MR) is 116 cm³/mol. The first-order valence-electron chi connectivity index (χ1n) is 8.99. The zero-order valence-corrected chi connectivity index (χ0v) is 17.1. The first kappa shape index (κ1) is 18.8. The van der Waals surface area contributed by atoms with Gasteiger partial charge in [0.15, 0.2) is 10.9 Å². The van der Waals surface area contributed by atoms with Gasteiger partial charge in [0.1, 0.15) is 5.76 Å². The number of carbonyl (C=O) groups excluding carboxylic acids is 1. The van der Waals surface area contributed by atoms with Crippen molar-refractivity contribution in [3.63, 3.8) is 0 Å². The number of rotatable bonds is 3. The van der Waals surface area contributed by atoms with E-state index in [1.54, 1.807) is 40.9 Å². The van der Waals surface area contributed by atoms with Crippen LogP contribution in [0.15, 0.2) is 70.1 Å². The van der Waals surface area contributed by atoms with Gasteiger partial charge in [-0.15, -0.1) is 0 Å². The van der Waals surface area contributed by atoms with Gasteiger partial charge in [-0.2, -0.15) is 0 Å². The Bertz CT molecular complexity index is 1040. The van der Waals surface area contributed by atoms with Gasteiger partial charge >= 0.3 is 0 Å². The van der Waals surface area contributed by atoms with Crippen LogP contribution >= 0.6 is 23.4 Å². The van der Waals surface area contributed by atoms with E-state index in [4.69, 9.17) is 21.0 Å². The molecule has 1 fully saturated rings. The molecule has 0 saturated carbocycles. The average molecular weight is 411 g/mol. The van der Waals surface area contributed by atoms with Gasteiger partial charge in [-0.25, -0.2) is 4.99 Å². The molecule has 0 bridgehead atoms. The molecule has 4 nitrogen and oxygen atoms in total. The Morgan fingerprint density at radius 3 is 2.71 bits per heavy atom. The molecule has 0 unspecified atom stereocenters. The van der Waals surface area contributed by atoms with Gasteiger partial charge in [0, 0.05) is 22.4 Å². The number of hydrogen-bond donors (Lipinski definition) is 0. The summed E-state index contributed by atoms with van der Waals surface area (Å²) in [5.41, 5.74) is 2.85. The van der Waals surface area contributed by atoms with Crippen LogP contribution in [0.4, 0.5) is 5.69 Å². The first-order valence-corrected chi connectivity index (χ1v) is 10.2. The van der Waals surface area contributed by atoms with Crippen LogP contribution < -0.4 is 0 Å². The van der Waals surface area contributed by atoms with E-state index in [-0.39, 0.29) is 11.2 Å². The molecule has 142 valence electrons. The van der Waals surface area contributed by atoms with Crippen molar-refractivity contribution in [1.29, 1.82) is 0 Å². The minimum Gasteiger partial charge on any atom is -0.451 e. The van der Waals surface area contributed by atoms with Gasteiger partial charge in [-0.05, 0) is 61.0 Å². The van der Waals surface area contributed by atoms with E-state index < -0.39 is 0 Å². The molecule has 0 N–H and O–H groups in total. The second kappa shape index (κ2) is 7.86. The highest BCUT2D eigenvalue weighted by Gasteiger charge is 2.33. The number of thioether (sulfide) groups is 1. The summed E-state index contributed by atoms with van der Waals surface area (Å²) in [5, 5.41) is 1.64. The third-order valence-electron chi connectivity index (χ3n) is 4.39. The van der Waals surface area contributed by atoms with Crippen molar-refractivity contribution in [2.45, 2.75) is 19.1 Å². The Labute approximate surface area is 173 Å². The zero-order valence-electron chi connectivity index (χ0n) is 15.6. The van der Waals surface area contributed by atoms with Gasteiger partial charge in [-0.3, -0.25) is 9.69 Å². The molecule has 1 aromatic heterocycles. The normalized spacial score (nSPS) is 18.0. The summed E-state index contributed by atoms with van der Waals surface area (Å²) in [6, 6.07) is 18.8. The lowest BCUT2D eigenvalue weighted by Gasteiger charge is -2.14. The summed E-state index contributed by atoms with van der Waals surface area (Å²) in [5.74, 6) is 0.761. The molecule has 2 heterocycles. The minimum absolute atomic E-state index is 0.177. The summed E-state index contributed by atoms with van der Waals surface area (Å²) < 4.78 is 5.84. The molecule has 0 radical (unpaired) electrons. The second-order valence-corrected chi connectivity index (χ2v) is 8.59. The van der Waals surface area contributed by atoms with E-state index in [0.29, 0.717) is 28.3 Å². The van der Waals surface area contributed by atoms with Gasteiger partial charge in [-0.1, -0.05) is 42.4 Å². The summed E-state index contributed by atoms with van der Waals surface area (Å²) >= 11 is 7.54. The lowest BCUT2D eigenvalue weighted by atomic mass is 10.2. The van der Waals surface area contributed by atoms with Crippen molar-refractivity contribution in [2.75, 3.05) is 6.54 Å². The summed E-state index contributed by atoms with van der Waals surface area (Å²) in [7, 11) is 0. The molecule has 2 aromatic carbocycles. The summed E-state index contributed by atoms with van der Waals surface area (Å²) in [6.07, 6.45) is 0. The second-order valence-electron chi connectivity index (χ2n) is 6.75. The van der Waals surface area contributed by atoms with Crippen LogP contribution in [0.1, 0.15) is 23.0 Å². The Hall–Kier alpha value is -2.50. The number of halogens is 1. The largest absolute Gasteiger partial charge is 0.451 e. The van der Waals surface area contributed by atoms with Crippen molar-refractivity contribution in [1.82, 2.24) is 4.90 Å². The molecule has 4 rings (SSSR count). The Balaban J connectivity index is 1.60. The standard InChI is InChI=1S/C22H19ClN2O2S/c1-14-4-3-5-18(12-14)24-22-25(13-15(2)28-22)21(26)20-11-10-19(27-20)16-6-8-17(23)9-7-16/h3-12,15H,13H2,1-2H3/t15-/m1/s1. The number of aliphatic imine (C=N–C) groups is 1. The molecule has 1 saturated heterocycles. The van der Waals surface area contributed by atoms with E-state index >= 15 is 0 Å². The molecule has 6 heteroatoms. The van der Waals surface area contributed by atoms with E-state index in [9.17, 15) is 4.79 Å². The molecule has 1 aliphatic heterocycles. The molecule has 1 aliphatic rings.